The van der Waals surface area contributed by atoms with E-state index in [1.54, 1.807) is 0 Å². The SMILES string of the molecule is COC(=O)C(=C(c1ccc(Cl)cc1)c1ccc(Cl)cc1)c1ccc([Si](C)(C)C)cc1. The molecule has 0 aliphatic heterocycles. The smallest absolute Gasteiger partial charge is 0.339 e. The molecule has 0 bridgehead atoms. The second kappa shape index (κ2) is 9.21. The van der Waals surface area contributed by atoms with Crippen LogP contribution in [0.1, 0.15) is 16.7 Å². The Kier molecular flexibility index (Phi) is 6.87. The van der Waals surface area contributed by atoms with Gasteiger partial charge >= 0.3 is 5.97 Å². The molecule has 0 aromatic heterocycles. The van der Waals surface area contributed by atoms with E-state index in [0.717, 1.165) is 22.3 Å². The summed E-state index contributed by atoms with van der Waals surface area (Å²) in [5, 5.41) is 2.59. The minimum atomic E-state index is -1.46. The van der Waals surface area contributed by atoms with Gasteiger partial charge in [-0.25, -0.2) is 4.79 Å². The van der Waals surface area contributed by atoms with Crippen LogP contribution in [0.2, 0.25) is 29.7 Å². The predicted octanol–water partition coefficient (Wildman–Crippen LogP) is 6.67. The van der Waals surface area contributed by atoms with E-state index >= 15 is 0 Å². The van der Waals surface area contributed by atoms with Crippen molar-refractivity contribution >= 4 is 53.6 Å². The maximum absolute atomic E-state index is 13.0. The molecule has 3 aromatic rings. The molecule has 0 saturated carbocycles. The second-order valence-corrected chi connectivity index (χ2v) is 14.0. The Morgan fingerprint density at radius 1 is 0.700 bits per heavy atom. The number of ether oxygens (including phenoxy) is 1. The van der Waals surface area contributed by atoms with E-state index in [1.165, 1.54) is 12.3 Å². The van der Waals surface area contributed by atoms with Gasteiger partial charge in [0.05, 0.1) is 20.8 Å². The molecule has 0 radical (unpaired) electrons. The fourth-order valence-corrected chi connectivity index (χ4v) is 4.71. The number of carbonyl (C=O) groups excluding carboxylic acids is 1. The van der Waals surface area contributed by atoms with Gasteiger partial charge in [-0.3, -0.25) is 0 Å². The fourth-order valence-electron chi connectivity index (χ4n) is 3.29. The van der Waals surface area contributed by atoms with E-state index in [4.69, 9.17) is 27.9 Å². The zero-order valence-corrected chi connectivity index (χ0v) is 20.0. The van der Waals surface area contributed by atoms with Gasteiger partial charge in [-0.2, -0.15) is 0 Å². The number of esters is 1. The maximum Gasteiger partial charge on any atom is 0.339 e. The van der Waals surface area contributed by atoms with Crippen molar-refractivity contribution in [3.8, 4) is 0 Å². The summed E-state index contributed by atoms with van der Waals surface area (Å²) in [6, 6.07) is 23.1. The zero-order valence-electron chi connectivity index (χ0n) is 17.5. The number of methoxy groups -OCH3 is 1. The quantitative estimate of drug-likeness (QED) is 0.186. The Morgan fingerprint density at radius 3 is 1.47 bits per heavy atom. The topological polar surface area (TPSA) is 26.3 Å². The van der Waals surface area contributed by atoms with Crippen LogP contribution in [0, 0.1) is 0 Å². The highest BCUT2D eigenvalue weighted by molar-refractivity contribution is 6.88. The molecule has 0 N–H and O–H groups in total. The van der Waals surface area contributed by atoms with Crippen LogP contribution in [0.25, 0.3) is 11.1 Å². The van der Waals surface area contributed by atoms with Crippen molar-refractivity contribution in [2.45, 2.75) is 19.6 Å². The Balaban J connectivity index is 2.31. The van der Waals surface area contributed by atoms with Crippen LogP contribution in [-0.2, 0) is 9.53 Å². The molecule has 0 amide bonds. The molecule has 5 heteroatoms. The molecule has 0 spiro atoms. The minimum absolute atomic E-state index is 0.393. The van der Waals surface area contributed by atoms with Crippen molar-refractivity contribution in [2.75, 3.05) is 7.11 Å². The molecule has 0 aliphatic carbocycles. The Bertz CT molecular complexity index is 1010. The summed E-state index contributed by atoms with van der Waals surface area (Å²) in [7, 11) is -0.0529. The molecule has 30 heavy (non-hydrogen) atoms. The summed E-state index contributed by atoms with van der Waals surface area (Å²) < 4.78 is 5.20. The highest BCUT2D eigenvalue weighted by Crippen LogP contribution is 2.34. The first kappa shape index (κ1) is 22.4. The van der Waals surface area contributed by atoms with Crippen LogP contribution in [0.15, 0.2) is 72.8 Å². The van der Waals surface area contributed by atoms with Crippen LogP contribution >= 0.6 is 23.2 Å². The van der Waals surface area contributed by atoms with Crippen molar-refractivity contribution in [3.05, 3.63) is 99.5 Å². The highest BCUT2D eigenvalue weighted by atomic mass is 35.5. The normalized spacial score (nSPS) is 11.1. The molecule has 3 rings (SSSR count). The van der Waals surface area contributed by atoms with Gasteiger partial charge in [0.15, 0.2) is 0 Å². The first-order valence-corrected chi connectivity index (χ1v) is 13.9. The van der Waals surface area contributed by atoms with Crippen molar-refractivity contribution in [2.24, 2.45) is 0 Å². The monoisotopic (exact) mass is 454 g/mol. The third-order valence-corrected chi connectivity index (χ3v) is 7.51. The summed E-state index contributed by atoms with van der Waals surface area (Å²) in [5.74, 6) is -0.393. The van der Waals surface area contributed by atoms with Gasteiger partial charge in [0.1, 0.15) is 0 Å². The van der Waals surface area contributed by atoms with Crippen molar-refractivity contribution in [3.63, 3.8) is 0 Å². The molecule has 154 valence electrons. The van der Waals surface area contributed by atoms with E-state index in [9.17, 15) is 4.79 Å². The van der Waals surface area contributed by atoms with Gasteiger partial charge in [0, 0.05) is 15.6 Å². The molecule has 0 unspecified atom stereocenters. The van der Waals surface area contributed by atoms with Gasteiger partial charge < -0.3 is 4.74 Å². The number of carbonyl (C=O) groups is 1. The Hall–Kier alpha value is -2.33. The van der Waals surface area contributed by atoms with Gasteiger partial charge in [-0.05, 0) is 41.0 Å². The molecule has 0 fully saturated rings. The van der Waals surface area contributed by atoms with E-state index in [-0.39, 0.29) is 0 Å². The third kappa shape index (κ3) is 5.04. The van der Waals surface area contributed by atoms with Crippen LogP contribution in [-0.4, -0.2) is 21.2 Å². The Morgan fingerprint density at radius 2 is 1.10 bits per heavy atom. The molecule has 0 atom stereocenters. The zero-order chi connectivity index (χ0) is 21.9. The van der Waals surface area contributed by atoms with E-state index < -0.39 is 14.0 Å². The molecule has 0 heterocycles. The van der Waals surface area contributed by atoms with Crippen molar-refractivity contribution in [1.29, 1.82) is 0 Å². The highest BCUT2D eigenvalue weighted by Gasteiger charge is 2.23. The Labute approximate surface area is 189 Å². The standard InChI is InChI=1S/C25H24Cl2O2Si/c1-29-25(28)24(19-9-15-22(16-10-19)30(2,3)4)23(17-5-11-20(26)12-6-17)18-7-13-21(27)14-8-18/h5-16H,1-4H3. The molecular weight excluding hydrogens is 431 g/mol. The molecule has 3 aromatic carbocycles. The average molecular weight is 455 g/mol. The summed E-state index contributed by atoms with van der Waals surface area (Å²) in [4.78, 5) is 13.0. The number of hydrogen-bond donors (Lipinski definition) is 0. The first-order valence-electron chi connectivity index (χ1n) is 9.66. The average Bonchev–Trinajstić information content (AvgIpc) is 2.73. The van der Waals surface area contributed by atoms with Crippen LogP contribution < -0.4 is 5.19 Å². The van der Waals surface area contributed by atoms with E-state index in [2.05, 4.69) is 31.8 Å². The minimum Gasteiger partial charge on any atom is -0.465 e. The number of halogens is 2. The molecule has 0 saturated heterocycles. The molecular formula is C25H24Cl2O2Si. The van der Waals surface area contributed by atoms with Crippen molar-refractivity contribution < 1.29 is 9.53 Å². The lowest BCUT2D eigenvalue weighted by Crippen LogP contribution is -2.37. The van der Waals surface area contributed by atoms with Crippen LogP contribution in [0.5, 0.6) is 0 Å². The summed E-state index contributed by atoms with van der Waals surface area (Å²) in [5.41, 5.74) is 3.83. The summed E-state index contributed by atoms with van der Waals surface area (Å²) in [6.07, 6.45) is 0. The number of benzene rings is 3. The second-order valence-electron chi connectivity index (χ2n) is 8.08. The van der Waals surface area contributed by atoms with Gasteiger partial charge in [-0.1, -0.05) is 96.6 Å². The first-order chi connectivity index (χ1) is 14.2. The number of rotatable bonds is 5. The van der Waals surface area contributed by atoms with E-state index in [1.807, 2.05) is 60.7 Å². The van der Waals surface area contributed by atoms with Gasteiger partial charge in [-0.15, -0.1) is 0 Å². The van der Waals surface area contributed by atoms with Crippen LogP contribution in [0.3, 0.4) is 0 Å². The van der Waals surface area contributed by atoms with Gasteiger partial charge in [0.25, 0.3) is 0 Å². The largest absolute Gasteiger partial charge is 0.465 e. The lowest BCUT2D eigenvalue weighted by atomic mass is 9.89. The lowest BCUT2D eigenvalue weighted by Gasteiger charge is -2.19. The maximum atomic E-state index is 13.0. The fraction of sp³-hybridized carbons (Fsp3) is 0.160. The third-order valence-electron chi connectivity index (χ3n) is 4.94. The summed E-state index contributed by atoms with van der Waals surface area (Å²) >= 11 is 12.2. The van der Waals surface area contributed by atoms with Gasteiger partial charge in [0.2, 0.25) is 0 Å². The molecule has 2 nitrogen and oxygen atoms in total. The van der Waals surface area contributed by atoms with Crippen molar-refractivity contribution in [1.82, 2.24) is 0 Å². The van der Waals surface area contributed by atoms with Crippen LogP contribution in [0.4, 0.5) is 0 Å². The summed E-state index contributed by atoms with van der Waals surface area (Å²) in [6.45, 7) is 6.89. The number of hydrogen-bond acceptors (Lipinski definition) is 2. The van der Waals surface area contributed by atoms with E-state index in [0.29, 0.717) is 15.6 Å². The molecule has 0 aliphatic rings. The lowest BCUT2D eigenvalue weighted by molar-refractivity contribution is -0.133. The predicted molar refractivity (Wildman–Crippen MR) is 130 cm³/mol.